The van der Waals surface area contributed by atoms with Crippen molar-refractivity contribution in [2.24, 2.45) is 11.3 Å². The number of alkyl halides is 6. The minimum absolute atomic E-state index is 0. The molecule has 0 aliphatic heterocycles. The maximum atomic E-state index is 15.0. The molecule has 0 nitrogen and oxygen atoms in total. The van der Waals surface area contributed by atoms with E-state index in [1.807, 2.05) is 0 Å². The van der Waals surface area contributed by atoms with Gasteiger partial charge in [-0.05, 0) is 0 Å². The molecule has 8 rings (SSSR count). The van der Waals surface area contributed by atoms with Crippen molar-refractivity contribution >= 4 is 3.21 Å². The second kappa shape index (κ2) is 20.9. The molecule has 1 unspecified atom stereocenters. The van der Waals surface area contributed by atoms with Crippen molar-refractivity contribution in [1.82, 2.24) is 0 Å². The molecule has 0 N–H and O–H groups in total. The van der Waals surface area contributed by atoms with Crippen LogP contribution in [0.25, 0.3) is 33.4 Å². The summed E-state index contributed by atoms with van der Waals surface area (Å²) in [7, 11) is 0. The van der Waals surface area contributed by atoms with E-state index in [1.54, 1.807) is 12.1 Å². The Labute approximate surface area is 457 Å². The van der Waals surface area contributed by atoms with Crippen molar-refractivity contribution in [2.45, 2.75) is 144 Å². The number of hydrogen-bond donors (Lipinski definition) is 0. The Morgan fingerprint density at radius 3 is 1.19 bits per heavy atom. The Kier molecular flexibility index (Phi) is 16.7. The van der Waals surface area contributed by atoms with E-state index in [2.05, 4.69) is 171 Å². The minimum Gasteiger partial charge on any atom is -1.00 e. The molecule has 0 fully saturated rings. The number of fused-ring (bicyclic) bond motifs is 3. The van der Waals surface area contributed by atoms with E-state index in [0.717, 1.165) is 90.9 Å². The van der Waals surface area contributed by atoms with E-state index in [4.69, 9.17) is 0 Å². The van der Waals surface area contributed by atoms with Crippen LogP contribution in [0.2, 0.25) is 0 Å². The van der Waals surface area contributed by atoms with Gasteiger partial charge in [0.2, 0.25) is 0 Å². The van der Waals surface area contributed by atoms with Gasteiger partial charge < -0.3 is 24.8 Å². The third kappa shape index (κ3) is 11.2. The van der Waals surface area contributed by atoms with E-state index in [-0.39, 0.29) is 50.6 Å². The molecule has 0 aromatic heterocycles. The smallest absolute Gasteiger partial charge is 1.00 e. The summed E-state index contributed by atoms with van der Waals surface area (Å²) in [5, 5.41) is 0. The van der Waals surface area contributed by atoms with Gasteiger partial charge in [-0.15, -0.1) is 0 Å². The molecule has 2 aliphatic rings. The summed E-state index contributed by atoms with van der Waals surface area (Å²) in [4.78, 5) is 0. The van der Waals surface area contributed by atoms with Crippen LogP contribution in [0, 0.1) is 52.9 Å². The quantitative estimate of drug-likeness (QED) is 0.140. The van der Waals surface area contributed by atoms with E-state index >= 15 is 26.3 Å². The van der Waals surface area contributed by atoms with Crippen molar-refractivity contribution in [2.75, 3.05) is 0 Å². The Morgan fingerprint density at radius 2 is 0.865 bits per heavy atom. The first kappa shape index (κ1) is 59.0. The number of aryl methyl sites for hydroxylation is 6. The monoisotopic (exact) mass is 1120 g/mol. The van der Waals surface area contributed by atoms with Crippen molar-refractivity contribution in [3.05, 3.63) is 196 Å². The van der Waals surface area contributed by atoms with Crippen LogP contribution < -0.4 is 24.8 Å². The van der Waals surface area contributed by atoms with Gasteiger partial charge in [0.25, 0.3) is 0 Å². The Bertz CT molecular complexity index is 3040. The molecule has 9 heteroatoms. The fourth-order valence-corrected chi connectivity index (χ4v) is 21.6. The Morgan fingerprint density at radius 1 is 0.486 bits per heavy atom. The second-order valence-electron chi connectivity index (χ2n) is 23.9. The molecule has 6 aromatic rings. The van der Waals surface area contributed by atoms with Gasteiger partial charge in [-0.3, -0.25) is 0 Å². The number of halogens is 8. The van der Waals surface area contributed by atoms with Gasteiger partial charge in [-0.25, -0.2) is 0 Å². The fraction of sp³-hybridized carbons (Fsp3) is 0.369. The number of hydrogen-bond acceptors (Lipinski definition) is 0. The van der Waals surface area contributed by atoms with Gasteiger partial charge in [0.15, 0.2) is 0 Å². The van der Waals surface area contributed by atoms with Crippen LogP contribution in [-0.2, 0) is 44.4 Å². The van der Waals surface area contributed by atoms with Crippen LogP contribution in [0.4, 0.5) is 26.3 Å². The average molecular weight is 1130 g/mol. The van der Waals surface area contributed by atoms with Crippen LogP contribution in [0.3, 0.4) is 0 Å². The Balaban J connectivity index is 0.00000446. The molecule has 6 aromatic carbocycles. The first-order valence-corrected chi connectivity index (χ1v) is 29.2. The third-order valence-corrected chi connectivity index (χ3v) is 23.5. The summed E-state index contributed by atoms with van der Waals surface area (Å²) in [6, 6.07) is 29.3. The van der Waals surface area contributed by atoms with Crippen LogP contribution in [0.5, 0.6) is 0 Å². The molecule has 2 aliphatic carbocycles. The van der Waals surface area contributed by atoms with Crippen molar-refractivity contribution in [1.29, 1.82) is 0 Å². The van der Waals surface area contributed by atoms with Crippen molar-refractivity contribution < 1.29 is 72.4 Å². The molecule has 0 saturated carbocycles. The van der Waals surface area contributed by atoms with Gasteiger partial charge >= 0.3 is 435 Å². The van der Waals surface area contributed by atoms with Crippen LogP contribution in [0.1, 0.15) is 157 Å². The second-order valence-corrected chi connectivity index (χ2v) is 30.0. The fourth-order valence-electron chi connectivity index (χ4n) is 11.9. The number of rotatable bonds is 7. The van der Waals surface area contributed by atoms with Crippen molar-refractivity contribution in [3.63, 3.8) is 0 Å². The van der Waals surface area contributed by atoms with Gasteiger partial charge in [-0.1, -0.05) is 0 Å². The summed E-state index contributed by atoms with van der Waals surface area (Å²) >= 11 is -4.13. The predicted octanol–water partition coefficient (Wildman–Crippen LogP) is 13.4. The summed E-state index contributed by atoms with van der Waals surface area (Å²) < 4.78 is 91.7. The first-order chi connectivity index (χ1) is 33.3. The zero-order valence-electron chi connectivity index (χ0n) is 45.8. The van der Waals surface area contributed by atoms with Crippen LogP contribution in [0.15, 0.2) is 118 Å². The molecule has 390 valence electrons. The molecule has 0 bridgehead atoms. The topological polar surface area (TPSA) is 0 Å². The molecule has 0 spiro atoms. The summed E-state index contributed by atoms with van der Waals surface area (Å²) in [6.07, 6.45) is -3.99. The Hall–Kier alpha value is -4.29. The van der Waals surface area contributed by atoms with Crippen LogP contribution in [-0.4, -0.2) is 3.21 Å². The summed E-state index contributed by atoms with van der Waals surface area (Å²) in [5.74, 6) is -0.0717. The minimum atomic E-state index is -4.69. The maximum absolute atomic E-state index is 15.0. The largest absolute Gasteiger partial charge is 1.00 e. The van der Waals surface area contributed by atoms with Gasteiger partial charge in [0.1, 0.15) is 0 Å². The van der Waals surface area contributed by atoms with Gasteiger partial charge in [-0.2, -0.15) is 0 Å². The molecule has 0 saturated heterocycles. The summed E-state index contributed by atoms with van der Waals surface area (Å²) in [5.41, 5.74) is 17.4. The normalized spacial score (nSPS) is 14.9. The molecule has 0 radical (unpaired) electrons. The zero-order chi connectivity index (χ0) is 52.9. The van der Waals surface area contributed by atoms with Crippen molar-refractivity contribution in [3.8, 4) is 33.4 Å². The molecular weight excluding hydrogens is 1060 g/mol. The van der Waals surface area contributed by atoms with E-state index in [0.29, 0.717) is 14.3 Å². The maximum Gasteiger partial charge on any atom is -1.00 e. The number of allylic oxidation sites excluding steroid dienone is 4. The molecule has 1 atom stereocenters. The van der Waals surface area contributed by atoms with E-state index in [1.165, 1.54) is 49.8 Å². The average Bonchev–Trinajstić information content (AvgIpc) is 3.82. The molecule has 0 amide bonds. The molecule has 0 heterocycles. The van der Waals surface area contributed by atoms with E-state index < -0.39 is 44.7 Å². The van der Waals surface area contributed by atoms with Gasteiger partial charge in [0.05, 0.1) is 0 Å². The van der Waals surface area contributed by atoms with Crippen LogP contribution >= 0.6 is 0 Å². The number of benzene rings is 6. The summed E-state index contributed by atoms with van der Waals surface area (Å²) in [6.45, 7) is 35.1. The standard InChI is InChI=1S/C39H45.C15H8F6.C11H17.2ClH.Zr/c1-22-13-24(3)36(25(4)14-22)32-18-28-17-29-19-33(37-26(5)15-23(2)16-27(37)6)35(39(10,11)12)21-31(29)30(28)20-34(32)38(7,8)9;16-14(17,18)12-5-1-3-10(8-12)7-11-4-2-6-13(9-11)15(19,20)21;1-5-9-6-7-10(8-9)11(2,3)4;;;/h13-21H,1-12H3;1-6,8-9H;7-9H,5H2,1-4H3;2*1H;/q;;;;;+2/p-2. The van der Waals surface area contributed by atoms with E-state index in [9.17, 15) is 0 Å². The van der Waals surface area contributed by atoms with Gasteiger partial charge in [0, 0.05) is 0 Å². The molecular formula is C65H70Cl2F6Zr. The predicted molar refractivity (Wildman–Crippen MR) is 286 cm³/mol. The zero-order valence-corrected chi connectivity index (χ0v) is 49.7. The SMILES string of the molecule is CCC1C=C(C(C)(C)C)C=[C]1[Zr+2](=[C](c1cccc(C(F)(F)F)c1)c1cccc(C(F)(F)F)c1)[CH]1c2cc(-c3c(C)cc(C)cc3C)c(C(C)(C)C)cc2-c2cc(C(C)(C)C)c(-c3c(C)cc(C)cc3C)cc21.[Cl-].[Cl-]. The third-order valence-electron chi connectivity index (χ3n) is 15.0. The molecule has 74 heavy (non-hydrogen) atoms. The first-order valence-electron chi connectivity index (χ1n) is 25.4.